The van der Waals surface area contributed by atoms with Crippen molar-refractivity contribution < 1.29 is 14.8 Å². The Bertz CT molecular complexity index is 354. The molecule has 1 aromatic carbocycles. The molecule has 5 nitrogen and oxygen atoms in total. The molecule has 0 bridgehead atoms. The fourth-order valence-electron chi connectivity index (χ4n) is 1.42. The smallest absolute Gasteiger partial charge is 0.233 e. The molecule has 0 heterocycles. The fraction of sp³-hybridized carbons (Fsp3) is 0.273. The van der Waals surface area contributed by atoms with Gasteiger partial charge in [0.2, 0.25) is 12.3 Å². The van der Waals surface area contributed by atoms with E-state index in [1.54, 1.807) is 0 Å². The number of carbonyl (C=O) groups excluding carboxylic acids is 2. The highest BCUT2D eigenvalue weighted by Crippen LogP contribution is 2.09. The van der Waals surface area contributed by atoms with Gasteiger partial charge in [0.1, 0.15) is 0 Å². The maximum absolute atomic E-state index is 11.1. The second-order valence-electron chi connectivity index (χ2n) is 3.52. The molecule has 1 unspecified atom stereocenters. The zero-order valence-electron chi connectivity index (χ0n) is 8.74. The molecule has 16 heavy (non-hydrogen) atoms. The Hall–Kier alpha value is -1.88. The number of benzene rings is 1. The van der Waals surface area contributed by atoms with Crippen molar-refractivity contribution >= 4 is 12.3 Å². The lowest BCUT2D eigenvalue weighted by atomic mass is 9.99. The Morgan fingerprint density at radius 1 is 1.44 bits per heavy atom. The molecule has 0 radical (unpaired) electrons. The van der Waals surface area contributed by atoms with Crippen LogP contribution in [0.5, 0.6) is 0 Å². The Morgan fingerprint density at radius 2 is 2.06 bits per heavy atom. The van der Waals surface area contributed by atoms with E-state index in [0.29, 0.717) is 11.5 Å². The van der Waals surface area contributed by atoms with Crippen LogP contribution in [0.25, 0.3) is 0 Å². The third-order valence-electron chi connectivity index (χ3n) is 2.26. The summed E-state index contributed by atoms with van der Waals surface area (Å²) in [6, 6.07) is 9.29. The summed E-state index contributed by atoms with van der Waals surface area (Å²) >= 11 is 0. The molecule has 1 aromatic rings. The van der Waals surface area contributed by atoms with Crippen LogP contribution < -0.4 is 5.73 Å². The van der Waals surface area contributed by atoms with Gasteiger partial charge in [-0.15, -0.1) is 0 Å². The Labute approximate surface area is 93.4 Å². The van der Waals surface area contributed by atoms with Gasteiger partial charge >= 0.3 is 0 Å². The van der Waals surface area contributed by atoms with Gasteiger partial charge in [-0.3, -0.25) is 14.8 Å². The van der Waals surface area contributed by atoms with Crippen molar-refractivity contribution in [2.24, 2.45) is 11.7 Å². The summed E-state index contributed by atoms with van der Waals surface area (Å²) in [5, 5.41) is 9.44. The average molecular weight is 222 g/mol. The molecule has 0 aliphatic heterocycles. The van der Waals surface area contributed by atoms with E-state index < -0.39 is 11.8 Å². The maximum Gasteiger partial charge on any atom is 0.233 e. The topological polar surface area (TPSA) is 83.6 Å². The summed E-state index contributed by atoms with van der Waals surface area (Å²) in [4.78, 5) is 21.4. The monoisotopic (exact) mass is 222 g/mol. The van der Waals surface area contributed by atoms with Gasteiger partial charge in [0, 0.05) is 0 Å². The number of nitrogens with two attached hydrogens (primary N) is 1. The van der Waals surface area contributed by atoms with Gasteiger partial charge in [-0.1, -0.05) is 30.3 Å². The second-order valence-corrected chi connectivity index (χ2v) is 3.52. The standard InChI is InChI=1S/C11H14N2O3/c12-11(15)10(7-13(16)8-14)6-9-4-2-1-3-5-9/h1-5,8,10,16H,6-7H2,(H2,12,15). The molecule has 0 saturated heterocycles. The van der Waals surface area contributed by atoms with Crippen molar-refractivity contribution in [1.82, 2.24) is 5.06 Å². The summed E-state index contributed by atoms with van der Waals surface area (Å²) in [6.45, 7) is -0.0896. The minimum absolute atomic E-state index is 0.0896. The van der Waals surface area contributed by atoms with Crippen LogP contribution in [0.15, 0.2) is 30.3 Å². The number of hydroxylamine groups is 2. The number of hydrogen-bond donors (Lipinski definition) is 2. The van der Waals surface area contributed by atoms with Crippen molar-refractivity contribution in [3.8, 4) is 0 Å². The molecule has 0 aromatic heterocycles. The van der Waals surface area contributed by atoms with Crippen LogP contribution in [-0.2, 0) is 16.0 Å². The molecule has 0 fully saturated rings. The van der Waals surface area contributed by atoms with E-state index >= 15 is 0 Å². The first-order valence-corrected chi connectivity index (χ1v) is 4.87. The predicted molar refractivity (Wildman–Crippen MR) is 57.4 cm³/mol. The minimum atomic E-state index is -0.586. The van der Waals surface area contributed by atoms with Crippen molar-refractivity contribution in [2.45, 2.75) is 6.42 Å². The van der Waals surface area contributed by atoms with Gasteiger partial charge in [0.15, 0.2) is 0 Å². The molecule has 5 heteroatoms. The Kier molecular flexibility index (Phi) is 4.47. The quantitative estimate of drug-likeness (QED) is 0.409. The first-order chi connectivity index (χ1) is 7.63. The highest BCUT2D eigenvalue weighted by molar-refractivity contribution is 5.77. The molecule has 0 spiro atoms. The van der Waals surface area contributed by atoms with E-state index in [2.05, 4.69) is 0 Å². The number of nitrogens with zero attached hydrogens (tertiary/aromatic N) is 1. The lowest BCUT2D eigenvalue weighted by Crippen LogP contribution is -2.35. The maximum atomic E-state index is 11.1. The van der Waals surface area contributed by atoms with E-state index in [1.807, 2.05) is 30.3 Å². The van der Waals surface area contributed by atoms with Crippen LogP contribution in [0.2, 0.25) is 0 Å². The number of primary amides is 1. The summed E-state index contributed by atoms with van der Waals surface area (Å²) in [6.07, 6.45) is 0.655. The van der Waals surface area contributed by atoms with Crippen molar-refractivity contribution in [3.63, 3.8) is 0 Å². The molecule has 1 rings (SSSR count). The van der Waals surface area contributed by atoms with Crippen molar-refractivity contribution in [3.05, 3.63) is 35.9 Å². The van der Waals surface area contributed by atoms with Crippen LogP contribution in [0, 0.1) is 5.92 Å². The van der Waals surface area contributed by atoms with Crippen LogP contribution in [0.4, 0.5) is 0 Å². The average Bonchev–Trinajstić information content (AvgIpc) is 2.29. The van der Waals surface area contributed by atoms with Gasteiger partial charge in [-0.05, 0) is 12.0 Å². The van der Waals surface area contributed by atoms with Gasteiger partial charge in [-0.25, -0.2) is 5.06 Å². The molecular formula is C11H14N2O3. The van der Waals surface area contributed by atoms with Crippen molar-refractivity contribution in [1.29, 1.82) is 0 Å². The summed E-state index contributed by atoms with van der Waals surface area (Å²) < 4.78 is 0. The molecule has 1 atom stereocenters. The van der Waals surface area contributed by atoms with E-state index in [4.69, 9.17) is 10.9 Å². The zero-order valence-corrected chi connectivity index (χ0v) is 8.74. The Balaban J connectivity index is 2.65. The van der Waals surface area contributed by atoms with Crippen molar-refractivity contribution in [2.75, 3.05) is 6.54 Å². The molecule has 2 amide bonds. The predicted octanol–water partition coefficient (Wildman–Crippen LogP) is 0.178. The number of rotatable bonds is 6. The number of hydrogen-bond acceptors (Lipinski definition) is 3. The van der Waals surface area contributed by atoms with Crippen LogP contribution in [0.3, 0.4) is 0 Å². The van der Waals surface area contributed by atoms with Gasteiger partial charge in [0.25, 0.3) is 0 Å². The molecule has 0 aliphatic rings. The van der Waals surface area contributed by atoms with Gasteiger partial charge < -0.3 is 5.73 Å². The largest absolute Gasteiger partial charge is 0.369 e. The van der Waals surface area contributed by atoms with Crippen LogP contribution >= 0.6 is 0 Å². The summed E-state index contributed by atoms with van der Waals surface area (Å²) in [5.41, 5.74) is 6.13. The highest BCUT2D eigenvalue weighted by atomic mass is 16.5. The highest BCUT2D eigenvalue weighted by Gasteiger charge is 2.18. The van der Waals surface area contributed by atoms with E-state index in [9.17, 15) is 9.59 Å². The minimum Gasteiger partial charge on any atom is -0.369 e. The zero-order chi connectivity index (χ0) is 12.0. The molecule has 3 N–H and O–H groups in total. The lowest BCUT2D eigenvalue weighted by Gasteiger charge is -2.16. The van der Waals surface area contributed by atoms with E-state index in [0.717, 1.165) is 5.56 Å². The van der Waals surface area contributed by atoms with Gasteiger partial charge in [-0.2, -0.15) is 0 Å². The Morgan fingerprint density at radius 3 is 2.56 bits per heavy atom. The van der Waals surface area contributed by atoms with Gasteiger partial charge in [0.05, 0.1) is 12.5 Å². The van der Waals surface area contributed by atoms with Crippen LogP contribution in [-0.4, -0.2) is 29.1 Å². The first kappa shape index (κ1) is 12.2. The molecule has 0 aliphatic carbocycles. The second kappa shape index (κ2) is 5.87. The van der Waals surface area contributed by atoms with Crippen LogP contribution in [0.1, 0.15) is 5.56 Å². The fourth-order valence-corrected chi connectivity index (χ4v) is 1.42. The first-order valence-electron chi connectivity index (χ1n) is 4.87. The third kappa shape index (κ3) is 3.70. The molecular weight excluding hydrogens is 208 g/mol. The molecule has 86 valence electrons. The summed E-state index contributed by atoms with van der Waals surface area (Å²) in [5.74, 6) is -1.12. The number of amides is 2. The lowest BCUT2D eigenvalue weighted by molar-refractivity contribution is -0.154. The SMILES string of the molecule is NC(=O)C(Cc1ccccc1)CN(O)C=O. The number of carbonyl (C=O) groups is 2. The molecule has 0 saturated carbocycles. The third-order valence-corrected chi connectivity index (χ3v) is 2.26. The van der Waals surface area contributed by atoms with E-state index in [-0.39, 0.29) is 13.0 Å². The van der Waals surface area contributed by atoms with E-state index in [1.165, 1.54) is 0 Å². The summed E-state index contributed by atoms with van der Waals surface area (Å²) in [7, 11) is 0. The normalized spacial score (nSPS) is 11.8.